The Labute approximate surface area is 217 Å². The van der Waals surface area contributed by atoms with Crippen LogP contribution in [-0.4, -0.2) is 33.9 Å². The van der Waals surface area contributed by atoms with Gasteiger partial charge in [0, 0.05) is 24.1 Å². The molecule has 4 rings (SSSR count). The Morgan fingerprint density at radius 1 is 1.05 bits per heavy atom. The lowest BCUT2D eigenvalue weighted by Gasteiger charge is -2.12. The van der Waals surface area contributed by atoms with Crippen LogP contribution in [0, 0.1) is 10.1 Å². The van der Waals surface area contributed by atoms with E-state index in [1.165, 1.54) is 54.4 Å². The number of fused-ring (bicyclic) bond motifs is 1. The van der Waals surface area contributed by atoms with E-state index in [0.29, 0.717) is 33.6 Å². The predicted octanol–water partition coefficient (Wildman–Crippen LogP) is 4.94. The number of nitro groups is 1. The van der Waals surface area contributed by atoms with Crippen molar-refractivity contribution in [3.8, 4) is 11.5 Å². The van der Waals surface area contributed by atoms with Crippen LogP contribution in [-0.2, 0) is 4.79 Å². The molecular formula is C28H24N4O6. The number of esters is 1. The minimum atomic E-state index is -0.654. The van der Waals surface area contributed by atoms with E-state index >= 15 is 0 Å². The Morgan fingerprint density at radius 3 is 2.45 bits per heavy atom. The Bertz CT molecular complexity index is 1620. The van der Waals surface area contributed by atoms with Crippen LogP contribution in [0.4, 0.5) is 5.69 Å². The van der Waals surface area contributed by atoms with Gasteiger partial charge in [-0.1, -0.05) is 26.0 Å². The van der Waals surface area contributed by atoms with Crippen molar-refractivity contribution in [2.75, 3.05) is 7.11 Å². The molecule has 0 aliphatic rings. The Balaban J connectivity index is 1.54. The third-order valence-electron chi connectivity index (χ3n) is 5.53. The van der Waals surface area contributed by atoms with Gasteiger partial charge in [-0.15, -0.1) is 0 Å². The third kappa shape index (κ3) is 5.81. The van der Waals surface area contributed by atoms with Crippen LogP contribution in [0.15, 0.2) is 82.7 Å². The third-order valence-corrected chi connectivity index (χ3v) is 5.53. The highest BCUT2D eigenvalue weighted by Gasteiger charge is 2.14. The van der Waals surface area contributed by atoms with Gasteiger partial charge in [0.05, 0.1) is 29.2 Å². The number of methoxy groups -OCH3 is 1. The summed E-state index contributed by atoms with van der Waals surface area (Å²) in [5.74, 6) is 0.315. The van der Waals surface area contributed by atoms with Gasteiger partial charge in [0.25, 0.3) is 11.2 Å². The molecule has 10 nitrogen and oxygen atoms in total. The van der Waals surface area contributed by atoms with Crippen molar-refractivity contribution in [1.82, 2.24) is 9.66 Å². The average molecular weight is 513 g/mol. The van der Waals surface area contributed by atoms with Crippen LogP contribution in [0.5, 0.6) is 11.5 Å². The number of non-ortho nitro benzene ring substituents is 1. The van der Waals surface area contributed by atoms with Crippen LogP contribution < -0.4 is 15.0 Å². The van der Waals surface area contributed by atoms with Gasteiger partial charge in [-0.2, -0.15) is 9.78 Å². The van der Waals surface area contributed by atoms with Crippen molar-refractivity contribution >= 4 is 34.9 Å². The van der Waals surface area contributed by atoms with Crippen molar-refractivity contribution in [1.29, 1.82) is 0 Å². The number of para-hydroxylation sites is 1. The topological polar surface area (TPSA) is 126 Å². The fourth-order valence-corrected chi connectivity index (χ4v) is 3.61. The number of nitro benzene ring substituents is 1. The lowest BCUT2D eigenvalue weighted by Crippen LogP contribution is -2.23. The molecule has 0 aliphatic heterocycles. The highest BCUT2D eigenvalue weighted by molar-refractivity contribution is 5.89. The molecule has 0 fully saturated rings. The summed E-state index contributed by atoms with van der Waals surface area (Å²) in [6.07, 6.45) is 4.20. The summed E-state index contributed by atoms with van der Waals surface area (Å²) in [6.45, 7) is 3.87. The lowest BCUT2D eigenvalue weighted by atomic mass is 10.2. The molecule has 0 saturated heterocycles. The molecule has 4 aromatic rings. The Morgan fingerprint density at radius 2 is 1.76 bits per heavy atom. The number of hydrogen-bond donors (Lipinski definition) is 0. The normalized spacial score (nSPS) is 11.5. The number of nitrogens with zero attached hydrogens (tertiary/aromatic N) is 4. The molecule has 0 unspecified atom stereocenters. The fraction of sp³-hybridized carbons (Fsp3) is 0.143. The van der Waals surface area contributed by atoms with E-state index in [1.54, 1.807) is 36.4 Å². The van der Waals surface area contributed by atoms with Gasteiger partial charge in [0.1, 0.15) is 5.82 Å². The first kappa shape index (κ1) is 26.0. The molecule has 1 heterocycles. The quantitative estimate of drug-likeness (QED) is 0.0817. The Kier molecular flexibility index (Phi) is 7.72. The van der Waals surface area contributed by atoms with E-state index in [-0.39, 0.29) is 22.9 Å². The van der Waals surface area contributed by atoms with E-state index in [4.69, 9.17) is 9.47 Å². The molecule has 10 heteroatoms. The van der Waals surface area contributed by atoms with Crippen LogP contribution in [0.3, 0.4) is 0 Å². The van der Waals surface area contributed by atoms with Crippen molar-refractivity contribution < 1.29 is 19.2 Å². The maximum absolute atomic E-state index is 13.1. The van der Waals surface area contributed by atoms with Gasteiger partial charge in [0.15, 0.2) is 11.5 Å². The molecule has 38 heavy (non-hydrogen) atoms. The minimum absolute atomic E-state index is 0.0414. The summed E-state index contributed by atoms with van der Waals surface area (Å²) < 4.78 is 12.0. The monoisotopic (exact) mass is 512 g/mol. The highest BCUT2D eigenvalue weighted by atomic mass is 16.6. The number of carbonyl (C=O) groups excluding carboxylic acids is 1. The first-order valence-corrected chi connectivity index (χ1v) is 11.6. The van der Waals surface area contributed by atoms with Gasteiger partial charge in [-0.3, -0.25) is 14.9 Å². The molecule has 0 amide bonds. The van der Waals surface area contributed by atoms with Crippen LogP contribution in [0.25, 0.3) is 17.0 Å². The van der Waals surface area contributed by atoms with Crippen LogP contribution in [0.2, 0.25) is 0 Å². The maximum atomic E-state index is 13.1. The second-order valence-corrected chi connectivity index (χ2v) is 8.52. The molecule has 0 radical (unpaired) electrons. The predicted molar refractivity (Wildman–Crippen MR) is 144 cm³/mol. The highest BCUT2D eigenvalue weighted by Crippen LogP contribution is 2.28. The maximum Gasteiger partial charge on any atom is 0.336 e. The van der Waals surface area contributed by atoms with Gasteiger partial charge >= 0.3 is 5.97 Å². The first-order valence-electron chi connectivity index (χ1n) is 11.6. The number of ether oxygens (including phenoxy) is 2. The van der Waals surface area contributed by atoms with Gasteiger partial charge < -0.3 is 9.47 Å². The minimum Gasteiger partial charge on any atom is -0.493 e. The number of rotatable bonds is 8. The summed E-state index contributed by atoms with van der Waals surface area (Å²) in [4.78, 5) is 40.3. The molecule has 0 spiro atoms. The van der Waals surface area contributed by atoms with Crippen LogP contribution >= 0.6 is 0 Å². The SMILES string of the molecule is COc1cc(C=Nn2c(C(C)C)nc3ccccc3c2=O)ccc1OC(=O)/C=C/c1ccc([N+](=O)[O-])cc1. The number of aromatic nitrogens is 2. The number of carbonyl (C=O) groups is 1. The second kappa shape index (κ2) is 11.3. The van der Waals surface area contributed by atoms with E-state index in [2.05, 4.69) is 10.1 Å². The van der Waals surface area contributed by atoms with Gasteiger partial charge in [-0.05, 0) is 59.7 Å². The number of benzene rings is 3. The summed E-state index contributed by atoms with van der Waals surface area (Å²) in [6, 6.07) is 17.7. The summed E-state index contributed by atoms with van der Waals surface area (Å²) in [7, 11) is 1.44. The van der Waals surface area contributed by atoms with Crippen molar-refractivity contribution in [2.24, 2.45) is 5.10 Å². The molecule has 3 aromatic carbocycles. The molecule has 192 valence electrons. The first-order chi connectivity index (χ1) is 18.3. The second-order valence-electron chi connectivity index (χ2n) is 8.52. The zero-order valence-corrected chi connectivity index (χ0v) is 20.9. The molecule has 0 N–H and O–H groups in total. The molecule has 0 bridgehead atoms. The standard InChI is InChI=1S/C28H24N4O6/c1-18(2)27-30-23-7-5-4-6-22(23)28(34)31(27)29-17-20-10-14-24(25(16-20)37-3)38-26(33)15-11-19-8-12-21(13-9-19)32(35)36/h4-18H,1-3H3/b15-11+,29-17?. The van der Waals surface area contributed by atoms with E-state index in [1.807, 2.05) is 19.9 Å². The van der Waals surface area contributed by atoms with Gasteiger partial charge in [-0.25, -0.2) is 9.78 Å². The summed E-state index contributed by atoms with van der Waals surface area (Å²) in [5, 5.41) is 15.6. The average Bonchev–Trinajstić information content (AvgIpc) is 2.92. The fourth-order valence-electron chi connectivity index (χ4n) is 3.61. The summed E-state index contributed by atoms with van der Waals surface area (Å²) >= 11 is 0. The van der Waals surface area contributed by atoms with Crippen molar-refractivity contribution in [3.05, 3.63) is 110 Å². The van der Waals surface area contributed by atoms with E-state index < -0.39 is 10.9 Å². The molecule has 0 atom stereocenters. The largest absolute Gasteiger partial charge is 0.493 e. The van der Waals surface area contributed by atoms with Crippen LogP contribution in [0.1, 0.15) is 36.7 Å². The molecule has 0 saturated carbocycles. The van der Waals surface area contributed by atoms with Crippen molar-refractivity contribution in [2.45, 2.75) is 19.8 Å². The Hall–Kier alpha value is -5.12. The van der Waals surface area contributed by atoms with E-state index in [0.717, 1.165) is 0 Å². The molecular weight excluding hydrogens is 488 g/mol. The molecule has 0 aliphatic carbocycles. The van der Waals surface area contributed by atoms with E-state index in [9.17, 15) is 19.7 Å². The lowest BCUT2D eigenvalue weighted by molar-refractivity contribution is -0.384. The summed E-state index contributed by atoms with van der Waals surface area (Å²) in [5.41, 5.74) is 1.51. The number of hydrogen-bond acceptors (Lipinski definition) is 8. The zero-order valence-electron chi connectivity index (χ0n) is 20.9. The smallest absolute Gasteiger partial charge is 0.336 e. The zero-order chi connectivity index (χ0) is 27.2. The van der Waals surface area contributed by atoms with Gasteiger partial charge in [0.2, 0.25) is 0 Å². The molecule has 1 aromatic heterocycles. The van der Waals surface area contributed by atoms with Crippen molar-refractivity contribution in [3.63, 3.8) is 0 Å².